The highest BCUT2D eigenvalue weighted by Gasteiger charge is 2.24. The van der Waals surface area contributed by atoms with Crippen LogP contribution < -0.4 is 4.90 Å². The SMILES string of the molecule is c1ccc2c(-c3ccc(N(c4ccc(-c5ccc6sc7ccccc7c6c5)cc4)c4cccc5c4ccc4ccccc45)c4c3oc3ccccc34)cccc2c1. The number of fused-ring (bicyclic) bond motifs is 10. The Morgan fingerprint density at radius 3 is 1.91 bits per heavy atom. The lowest BCUT2D eigenvalue weighted by Crippen LogP contribution is -2.11. The molecule has 0 saturated carbocycles. The van der Waals surface area contributed by atoms with E-state index >= 15 is 0 Å². The third kappa shape index (κ3) is 5.03. The van der Waals surface area contributed by atoms with Crippen LogP contribution in [0.25, 0.3) is 96.7 Å². The Morgan fingerprint density at radius 2 is 1.04 bits per heavy atom. The number of para-hydroxylation sites is 1. The van der Waals surface area contributed by atoms with Gasteiger partial charge in [-0.15, -0.1) is 11.3 Å². The van der Waals surface area contributed by atoms with Gasteiger partial charge in [0, 0.05) is 42.2 Å². The molecule has 0 bridgehead atoms. The first-order valence-corrected chi connectivity index (χ1v) is 20.2. The number of furan rings is 1. The zero-order valence-corrected chi connectivity index (χ0v) is 31.6. The van der Waals surface area contributed by atoms with Crippen molar-refractivity contribution >= 4 is 103 Å². The fourth-order valence-corrected chi connectivity index (χ4v) is 10.1. The molecule has 2 aromatic heterocycles. The van der Waals surface area contributed by atoms with E-state index in [-0.39, 0.29) is 0 Å². The molecule has 10 aromatic carbocycles. The second kappa shape index (κ2) is 12.7. The molecule has 0 atom stereocenters. The minimum atomic E-state index is 0.872. The van der Waals surface area contributed by atoms with E-state index in [0.29, 0.717) is 0 Å². The van der Waals surface area contributed by atoms with Crippen molar-refractivity contribution < 1.29 is 4.42 Å². The van der Waals surface area contributed by atoms with E-state index in [1.807, 2.05) is 11.3 Å². The predicted molar refractivity (Wildman–Crippen MR) is 245 cm³/mol. The lowest BCUT2D eigenvalue weighted by Gasteiger charge is -2.28. The van der Waals surface area contributed by atoms with Gasteiger partial charge in [0.2, 0.25) is 0 Å². The van der Waals surface area contributed by atoms with Crippen LogP contribution in [0.4, 0.5) is 17.1 Å². The molecule has 0 radical (unpaired) electrons. The second-order valence-corrected chi connectivity index (χ2v) is 15.9. The maximum absolute atomic E-state index is 6.90. The summed E-state index contributed by atoms with van der Waals surface area (Å²) in [6.07, 6.45) is 0. The predicted octanol–water partition coefficient (Wildman–Crippen LogP) is 16.2. The number of hydrogen-bond acceptors (Lipinski definition) is 3. The first-order chi connectivity index (χ1) is 28.3. The van der Waals surface area contributed by atoms with Gasteiger partial charge in [-0.25, -0.2) is 0 Å². The average molecular weight is 744 g/mol. The molecule has 0 N–H and O–H groups in total. The van der Waals surface area contributed by atoms with Crippen LogP contribution in [0.1, 0.15) is 0 Å². The van der Waals surface area contributed by atoms with E-state index in [2.05, 4.69) is 205 Å². The number of hydrogen-bond donors (Lipinski definition) is 0. The number of rotatable bonds is 5. The maximum atomic E-state index is 6.90. The molecule has 2 nitrogen and oxygen atoms in total. The molecule has 266 valence electrons. The van der Waals surface area contributed by atoms with E-state index in [4.69, 9.17) is 4.42 Å². The number of anilines is 3. The first kappa shape index (κ1) is 32.1. The molecule has 0 amide bonds. The lowest BCUT2D eigenvalue weighted by atomic mass is 9.95. The van der Waals surface area contributed by atoms with Crippen molar-refractivity contribution in [3.8, 4) is 22.3 Å². The summed E-state index contributed by atoms with van der Waals surface area (Å²) >= 11 is 1.86. The molecule has 0 saturated heterocycles. The Labute approximate surface area is 333 Å². The van der Waals surface area contributed by atoms with Gasteiger partial charge in [-0.1, -0.05) is 146 Å². The molecule has 0 unspecified atom stereocenters. The van der Waals surface area contributed by atoms with Crippen molar-refractivity contribution in [1.82, 2.24) is 0 Å². The molecule has 0 aliphatic carbocycles. The van der Waals surface area contributed by atoms with E-state index in [9.17, 15) is 0 Å². The Morgan fingerprint density at radius 1 is 0.368 bits per heavy atom. The van der Waals surface area contributed by atoms with Gasteiger partial charge < -0.3 is 9.32 Å². The molecule has 0 aliphatic rings. The van der Waals surface area contributed by atoms with Crippen LogP contribution in [-0.4, -0.2) is 0 Å². The minimum absolute atomic E-state index is 0.872. The highest BCUT2D eigenvalue weighted by atomic mass is 32.1. The van der Waals surface area contributed by atoms with Crippen molar-refractivity contribution in [3.05, 3.63) is 200 Å². The fourth-order valence-electron chi connectivity index (χ4n) is 9.00. The quantitative estimate of drug-likeness (QED) is 0.163. The minimum Gasteiger partial charge on any atom is -0.455 e. The molecule has 57 heavy (non-hydrogen) atoms. The summed E-state index contributed by atoms with van der Waals surface area (Å²) < 4.78 is 9.54. The van der Waals surface area contributed by atoms with Crippen LogP contribution in [0.3, 0.4) is 0 Å². The van der Waals surface area contributed by atoms with Gasteiger partial charge in [0.05, 0.1) is 16.8 Å². The van der Waals surface area contributed by atoms with Gasteiger partial charge >= 0.3 is 0 Å². The second-order valence-electron chi connectivity index (χ2n) is 14.8. The highest BCUT2D eigenvalue weighted by molar-refractivity contribution is 7.25. The van der Waals surface area contributed by atoms with Gasteiger partial charge in [-0.05, 0) is 98.2 Å². The molecular weight excluding hydrogens is 711 g/mol. The molecule has 12 aromatic rings. The van der Waals surface area contributed by atoms with Gasteiger partial charge in [-0.2, -0.15) is 0 Å². The van der Waals surface area contributed by atoms with Gasteiger partial charge in [0.15, 0.2) is 0 Å². The van der Waals surface area contributed by atoms with Crippen molar-refractivity contribution in [2.45, 2.75) is 0 Å². The number of benzene rings is 10. The van der Waals surface area contributed by atoms with Crippen LogP contribution in [-0.2, 0) is 0 Å². The number of nitrogens with zero attached hydrogens (tertiary/aromatic N) is 1. The van der Waals surface area contributed by atoms with E-state index in [1.165, 1.54) is 63.6 Å². The summed E-state index contributed by atoms with van der Waals surface area (Å²) in [6.45, 7) is 0. The largest absolute Gasteiger partial charge is 0.455 e. The van der Waals surface area contributed by atoms with Crippen molar-refractivity contribution in [3.63, 3.8) is 0 Å². The molecule has 0 fully saturated rings. The zero-order valence-electron chi connectivity index (χ0n) is 30.8. The average Bonchev–Trinajstić information content (AvgIpc) is 3.86. The Balaban J connectivity index is 1.11. The molecule has 2 heterocycles. The normalized spacial score (nSPS) is 11.9. The monoisotopic (exact) mass is 743 g/mol. The van der Waals surface area contributed by atoms with Crippen molar-refractivity contribution in [1.29, 1.82) is 0 Å². The summed E-state index contributed by atoms with van der Waals surface area (Å²) in [4.78, 5) is 2.44. The van der Waals surface area contributed by atoms with Gasteiger partial charge in [0.25, 0.3) is 0 Å². The Hall–Kier alpha value is -7.20. The topological polar surface area (TPSA) is 16.4 Å². The van der Waals surface area contributed by atoms with E-state index < -0.39 is 0 Å². The smallest absolute Gasteiger partial charge is 0.145 e. The van der Waals surface area contributed by atoms with Crippen molar-refractivity contribution in [2.24, 2.45) is 0 Å². The summed E-state index contributed by atoms with van der Waals surface area (Å²) in [5, 5.41) is 12.1. The number of thiophene rings is 1. The molecule has 3 heteroatoms. The Kier molecular flexibility index (Phi) is 7.13. The summed E-state index contributed by atoms with van der Waals surface area (Å²) in [6, 6.07) is 72.7. The Bertz CT molecular complexity index is 3530. The fraction of sp³-hybridized carbons (Fsp3) is 0. The third-order valence-electron chi connectivity index (χ3n) is 11.7. The molecule has 12 rings (SSSR count). The summed E-state index contributed by atoms with van der Waals surface area (Å²) in [5.41, 5.74) is 9.65. The summed E-state index contributed by atoms with van der Waals surface area (Å²) in [5.74, 6) is 0. The van der Waals surface area contributed by atoms with Crippen LogP contribution >= 0.6 is 11.3 Å². The first-order valence-electron chi connectivity index (χ1n) is 19.4. The maximum Gasteiger partial charge on any atom is 0.145 e. The van der Waals surface area contributed by atoms with Crippen LogP contribution in [0.5, 0.6) is 0 Å². The van der Waals surface area contributed by atoms with Crippen LogP contribution in [0.15, 0.2) is 205 Å². The molecule has 0 aliphatic heterocycles. The molecular formula is C54H33NOS. The van der Waals surface area contributed by atoms with Gasteiger partial charge in [0.1, 0.15) is 11.2 Å². The van der Waals surface area contributed by atoms with Crippen LogP contribution in [0, 0.1) is 0 Å². The zero-order chi connectivity index (χ0) is 37.5. The van der Waals surface area contributed by atoms with E-state index in [1.54, 1.807) is 0 Å². The molecule has 0 spiro atoms. The standard InChI is InChI=1S/C54H33NOS/c1-3-14-39-35(11-1)13-9-18-42(39)45-30-31-49(53-46-17-5-7-21-50(46)56-54(45)53)55(48-20-10-19-41-40-15-4-2-12-36(40)25-29-43(41)48)38-27-23-34(24-28-38)37-26-32-52-47(33-37)44-16-6-8-22-51(44)57-52/h1-33H. The van der Waals surface area contributed by atoms with E-state index in [0.717, 1.165) is 50.1 Å². The third-order valence-corrected chi connectivity index (χ3v) is 12.8. The van der Waals surface area contributed by atoms with Crippen LogP contribution in [0.2, 0.25) is 0 Å². The highest BCUT2D eigenvalue weighted by Crippen LogP contribution is 2.49. The van der Waals surface area contributed by atoms with Crippen molar-refractivity contribution in [2.75, 3.05) is 4.90 Å². The lowest BCUT2D eigenvalue weighted by molar-refractivity contribution is 0.670. The van der Waals surface area contributed by atoms with Gasteiger partial charge in [-0.3, -0.25) is 0 Å². The summed E-state index contributed by atoms with van der Waals surface area (Å²) in [7, 11) is 0.